The first-order valence-corrected chi connectivity index (χ1v) is 15.8. The highest BCUT2D eigenvalue weighted by atomic mass is 32.1. The third-order valence-corrected chi connectivity index (χ3v) is 7.35. The van der Waals surface area contributed by atoms with E-state index in [1.165, 1.54) is 0 Å². The second-order valence-corrected chi connectivity index (χ2v) is 15.4. The van der Waals surface area contributed by atoms with Crippen LogP contribution in [0, 0.1) is 0 Å². The maximum atomic E-state index is 12.8. The molecule has 33 heavy (non-hydrogen) atoms. The average Bonchev–Trinajstić information content (AvgIpc) is 3.48. The van der Waals surface area contributed by atoms with E-state index in [2.05, 4.69) is 35.3 Å². The second kappa shape index (κ2) is 12.6. The summed E-state index contributed by atoms with van der Waals surface area (Å²) in [6.07, 6.45) is 6.23. The summed E-state index contributed by atoms with van der Waals surface area (Å²) in [5.74, 6) is 0.926. The molecule has 0 fully saturated rings. The van der Waals surface area contributed by atoms with E-state index in [9.17, 15) is 4.79 Å². The molecule has 178 valence electrons. The van der Waals surface area contributed by atoms with Gasteiger partial charge in [0, 0.05) is 46.2 Å². The highest BCUT2D eigenvalue weighted by Gasteiger charge is 2.15. The van der Waals surface area contributed by atoms with E-state index in [1.54, 1.807) is 42.1 Å². The number of nitrogens with zero attached hydrogens (tertiary/aromatic N) is 2. The van der Waals surface area contributed by atoms with Gasteiger partial charge in [0.05, 0.1) is 11.9 Å². The molecule has 7 nitrogen and oxygen atoms in total. The van der Waals surface area contributed by atoms with Gasteiger partial charge in [-0.15, -0.1) is 0 Å². The highest BCUT2D eigenvalue weighted by molar-refractivity contribution is 7.07. The normalized spacial score (nSPS) is 11.4. The van der Waals surface area contributed by atoms with Crippen molar-refractivity contribution in [3.63, 3.8) is 0 Å². The number of carbonyl (C=O) groups is 1. The maximum Gasteiger partial charge on any atom is 0.255 e. The summed E-state index contributed by atoms with van der Waals surface area (Å²) < 4.78 is 19.4. The number of ether oxygens (including phenoxy) is 3. The van der Waals surface area contributed by atoms with Crippen LogP contribution in [0.5, 0.6) is 11.5 Å². The SMILES string of the molecule is C[Si](C)(C)CCOCOc1cc(OCc2ccsc2)ccc1C(=O)NCCCn1ccnc1. The number of nitrogens with one attached hydrogen (secondary N) is 1. The molecule has 0 aliphatic heterocycles. The van der Waals surface area contributed by atoms with E-state index >= 15 is 0 Å². The number of rotatable bonds is 14. The number of aromatic nitrogens is 2. The van der Waals surface area contributed by atoms with Crippen molar-refractivity contribution in [1.29, 1.82) is 0 Å². The molecule has 1 amide bonds. The van der Waals surface area contributed by atoms with Crippen LogP contribution in [0.1, 0.15) is 22.3 Å². The fourth-order valence-electron chi connectivity index (χ4n) is 2.96. The summed E-state index contributed by atoms with van der Waals surface area (Å²) >= 11 is 1.63. The van der Waals surface area contributed by atoms with Crippen molar-refractivity contribution in [2.24, 2.45) is 0 Å². The largest absolute Gasteiger partial charge is 0.489 e. The lowest BCUT2D eigenvalue weighted by molar-refractivity contribution is 0.0214. The summed E-state index contributed by atoms with van der Waals surface area (Å²) in [7, 11) is -1.17. The molecule has 1 N–H and O–H groups in total. The standard InChI is InChI=1S/C24H33N3O4SSi/c1-33(2,3)14-12-29-19-31-23-15-21(30-16-20-7-13-32-17-20)5-6-22(23)24(28)26-8-4-10-27-11-9-25-18-27/h5-7,9,11,13,15,17-18H,4,8,10,12,14,16,19H2,1-3H3,(H,26,28). The number of aryl methyl sites for hydroxylation is 1. The minimum atomic E-state index is -1.17. The van der Waals surface area contributed by atoms with Gasteiger partial charge in [0.15, 0.2) is 6.79 Å². The first kappa shape index (κ1) is 25.0. The molecule has 0 radical (unpaired) electrons. The predicted octanol–water partition coefficient (Wildman–Crippen LogP) is 5.03. The molecule has 1 aromatic carbocycles. The van der Waals surface area contributed by atoms with Gasteiger partial charge in [-0.05, 0) is 47.0 Å². The lowest BCUT2D eigenvalue weighted by atomic mass is 10.1. The molecule has 3 aromatic rings. The molecule has 9 heteroatoms. The molecule has 0 saturated heterocycles. The topological polar surface area (TPSA) is 74.6 Å². The monoisotopic (exact) mass is 487 g/mol. The van der Waals surface area contributed by atoms with Crippen molar-refractivity contribution < 1.29 is 19.0 Å². The number of hydrogen-bond acceptors (Lipinski definition) is 6. The zero-order valence-electron chi connectivity index (χ0n) is 19.6. The Morgan fingerprint density at radius 1 is 1.21 bits per heavy atom. The van der Waals surface area contributed by atoms with Crippen molar-refractivity contribution >= 4 is 25.3 Å². The minimum absolute atomic E-state index is 0.0966. The number of benzene rings is 1. The summed E-state index contributed by atoms with van der Waals surface area (Å²) in [6, 6.07) is 8.39. The molecule has 3 rings (SSSR count). The van der Waals surface area contributed by atoms with E-state index < -0.39 is 8.07 Å². The number of thiophene rings is 1. The van der Waals surface area contributed by atoms with Crippen LogP contribution in [-0.4, -0.2) is 43.5 Å². The Labute approximate surface area is 200 Å². The molecule has 0 spiro atoms. The van der Waals surface area contributed by atoms with Crippen LogP contribution in [0.15, 0.2) is 53.7 Å². The molecule has 0 atom stereocenters. The van der Waals surface area contributed by atoms with Crippen molar-refractivity contribution in [3.05, 3.63) is 64.9 Å². The third kappa shape index (κ3) is 9.03. The smallest absolute Gasteiger partial charge is 0.255 e. The average molecular weight is 488 g/mol. The van der Waals surface area contributed by atoms with E-state index in [0.717, 1.165) is 24.6 Å². The molecule has 0 aliphatic carbocycles. The van der Waals surface area contributed by atoms with E-state index in [0.29, 0.717) is 36.8 Å². The van der Waals surface area contributed by atoms with Crippen LogP contribution >= 0.6 is 11.3 Å². The van der Waals surface area contributed by atoms with Crippen LogP contribution in [0.4, 0.5) is 0 Å². The third-order valence-electron chi connectivity index (χ3n) is 4.92. The van der Waals surface area contributed by atoms with Gasteiger partial charge >= 0.3 is 0 Å². The molecule has 2 heterocycles. The van der Waals surface area contributed by atoms with E-state index in [1.807, 2.05) is 22.2 Å². The molecule has 0 unspecified atom stereocenters. The molecular weight excluding hydrogens is 454 g/mol. The van der Waals surface area contributed by atoms with Crippen molar-refractivity contribution in [2.75, 3.05) is 19.9 Å². The summed E-state index contributed by atoms with van der Waals surface area (Å²) in [4.78, 5) is 16.8. The van der Waals surface area contributed by atoms with E-state index in [4.69, 9.17) is 14.2 Å². The fraction of sp³-hybridized carbons (Fsp3) is 0.417. The first-order chi connectivity index (χ1) is 15.9. The summed E-state index contributed by atoms with van der Waals surface area (Å²) in [5, 5.41) is 7.04. The van der Waals surface area contributed by atoms with Gasteiger partial charge in [-0.1, -0.05) is 19.6 Å². The number of amides is 1. The van der Waals surface area contributed by atoms with Crippen LogP contribution in [0.2, 0.25) is 25.7 Å². The predicted molar refractivity (Wildman–Crippen MR) is 134 cm³/mol. The minimum Gasteiger partial charge on any atom is -0.489 e. The zero-order valence-corrected chi connectivity index (χ0v) is 21.4. The van der Waals surface area contributed by atoms with Gasteiger partial charge in [0.2, 0.25) is 0 Å². The van der Waals surface area contributed by atoms with Crippen molar-refractivity contribution in [1.82, 2.24) is 14.9 Å². The Morgan fingerprint density at radius 2 is 2.09 bits per heavy atom. The van der Waals surface area contributed by atoms with Gasteiger partial charge in [0.25, 0.3) is 5.91 Å². The second-order valence-electron chi connectivity index (χ2n) is 8.97. The summed E-state index contributed by atoms with van der Waals surface area (Å²) in [6.45, 7) is 9.49. The van der Waals surface area contributed by atoms with Gasteiger partial charge in [-0.25, -0.2) is 4.98 Å². The highest BCUT2D eigenvalue weighted by Crippen LogP contribution is 2.26. The molecule has 0 saturated carbocycles. The Balaban J connectivity index is 1.57. The van der Waals surface area contributed by atoms with Crippen molar-refractivity contribution in [3.8, 4) is 11.5 Å². The molecule has 2 aromatic heterocycles. The van der Waals surface area contributed by atoms with Crippen LogP contribution < -0.4 is 14.8 Å². The van der Waals surface area contributed by atoms with Gasteiger partial charge < -0.3 is 24.1 Å². The van der Waals surface area contributed by atoms with Crippen LogP contribution in [-0.2, 0) is 17.9 Å². The van der Waals surface area contributed by atoms with Crippen LogP contribution in [0.25, 0.3) is 0 Å². The molecular formula is C24H33N3O4SSi. The Hall–Kier alpha value is -2.62. The van der Waals surface area contributed by atoms with Gasteiger partial charge in [-0.2, -0.15) is 11.3 Å². The van der Waals surface area contributed by atoms with E-state index in [-0.39, 0.29) is 12.7 Å². The fourth-order valence-corrected chi connectivity index (χ4v) is 4.37. The Bertz CT molecular complexity index is 972. The quantitative estimate of drug-likeness (QED) is 0.196. The zero-order chi connectivity index (χ0) is 23.5. The van der Waals surface area contributed by atoms with Gasteiger partial charge in [0.1, 0.15) is 18.1 Å². The number of imidazole rings is 1. The molecule has 0 aliphatic rings. The number of carbonyl (C=O) groups excluding carboxylic acids is 1. The maximum absolute atomic E-state index is 12.8. The lowest BCUT2D eigenvalue weighted by Gasteiger charge is -2.17. The van der Waals surface area contributed by atoms with Crippen molar-refractivity contribution in [2.45, 2.75) is 45.3 Å². The first-order valence-electron chi connectivity index (χ1n) is 11.1. The van der Waals surface area contributed by atoms with Gasteiger partial charge in [-0.3, -0.25) is 4.79 Å². The molecule has 0 bridgehead atoms. The lowest BCUT2D eigenvalue weighted by Crippen LogP contribution is -2.26. The number of hydrogen-bond donors (Lipinski definition) is 1. The van der Waals surface area contributed by atoms with Crippen LogP contribution in [0.3, 0.4) is 0 Å². The Kier molecular flexibility index (Phi) is 9.53. The summed E-state index contributed by atoms with van der Waals surface area (Å²) in [5.41, 5.74) is 1.58. The Morgan fingerprint density at radius 3 is 2.82 bits per heavy atom.